The molecule has 1 aromatic heterocycles. The fourth-order valence-corrected chi connectivity index (χ4v) is 4.49. The SMILES string of the molecule is CC(=O)c1sc(NC(=O)CS(=O)(=O)c2ccc(F)cc2)nc1-c1ccccc1. The lowest BCUT2D eigenvalue weighted by atomic mass is 10.1. The normalized spacial score (nSPS) is 11.2. The van der Waals surface area contributed by atoms with E-state index >= 15 is 0 Å². The maximum atomic E-state index is 13.0. The first-order valence-electron chi connectivity index (χ1n) is 8.11. The van der Waals surface area contributed by atoms with Gasteiger partial charge in [-0.3, -0.25) is 9.59 Å². The van der Waals surface area contributed by atoms with Gasteiger partial charge in [-0.2, -0.15) is 0 Å². The zero-order valence-electron chi connectivity index (χ0n) is 14.7. The van der Waals surface area contributed by atoms with E-state index in [0.717, 1.165) is 35.6 Å². The molecule has 3 aromatic rings. The highest BCUT2D eigenvalue weighted by Gasteiger charge is 2.22. The van der Waals surface area contributed by atoms with Crippen LogP contribution in [0.3, 0.4) is 0 Å². The number of nitrogens with one attached hydrogen (secondary N) is 1. The predicted molar refractivity (Wildman–Crippen MR) is 105 cm³/mol. The van der Waals surface area contributed by atoms with Crippen LogP contribution in [0.15, 0.2) is 59.5 Å². The number of amides is 1. The molecule has 9 heteroatoms. The second kappa shape index (κ2) is 7.99. The number of benzene rings is 2. The van der Waals surface area contributed by atoms with Gasteiger partial charge in [-0.15, -0.1) is 0 Å². The summed E-state index contributed by atoms with van der Waals surface area (Å²) in [6, 6.07) is 13.2. The summed E-state index contributed by atoms with van der Waals surface area (Å²) in [7, 11) is -3.94. The average molecular weight is 418 g/mol. The summed E-state index contributed by atoms with van der Waals surface area (Å²) in [6.07, 6.45) is 0. The number of halogens is 1. The number of carbonyl (C=O) groups excluding carboxylic acids is 2. The van der Waals surface area contributed by atoms with E-state index in [-0.39, 0.29) is 15.8 Å². The molecule has 0 spiro atoms. The summed E-state index contributed by atoms with van der Waals surface area (Å²) < 4.78 is 37.5. The Kier molecular flexibility index (Phi) is 5.66. The van der Waals surface area contributed by atoms with Crippen molar-refractivity contribution in [3.63, 3.8) is 0 Å². The van der Waals surface area contributed by atoms with Crippen molar-refractivity contribution in [2.45, 2.75) is 11.8 Å². The van der Waals surface area contributed by atoms with E-state index in [4.69, 9.17) is 0 Å². The Morgan fingerprint density at radius 2 is 1.71 bits per heavy atom. The quantitative estimate of drug-likeness (QED) is 0.488. The van der Waals surface area contributed by atoms with Crippen LogP contribution >= 0.6 is 11.3 Å². The molecule has 0 saturated carbocycles. The van der Waals surface area contributed by atoms with Crippen LogP contribution in [-0.4, -0.2) is 30.8 Å². The van der Waals surface area contributed by atoms with Gasteiger partial charge in [0.15, 0.2) is 20.8 Å². The van der Waals surface area contributed by atoms with Crippen LogP contribution in [0.5, 0.6) is 0 Å². The third-order valence-corrected chi connectivity index (χ3v) is 6.44. The highest BCUT2D eigenvalue weighted by atomic mass is 32.2. The van der Waals surface area contributed by atoms with Crippen LogP contribution in [0.25, 0.3) is 11.3 Å². The van der Waals surface area contributed by atoms with E-state index in [1.54, 1.807) is 24.3 Å². The summed E-state index contributed by atoms with van der Waals surface area (Å²) in [5.41, 5.74) is 1.14. The second-order valence-corrected chi connectivity index (χ2v) is 8.87. The average Bonchev–Trinajstić information content (AvgIpc) is 3.06. The number of Topliss-reactive ketones (excluding diaryl/α,β-unsaturated/α-hetero) is 1. The van der Waals surface area contributed by atoms with Gasteiger partial charge in [-0.1, -0.05) is 41.7 Å². The number of thiazole rings is 1. The molecule has 0 fully saturated rings. The molecule has 0 saturated heterocycles. The molecule has 144 valence electrons. The molecular formula is C19H15FN2O4S2. The highest BCUT2D eigenvalue weighted by molar-refractivity contribution is 7.92. The van der Waals surface area contributed by atoms with Crippen molar-refractivity contribution >= 4 is 38.0 Å². The fourth-order valence-electron chi connectivity index (χ4n) is 2.46. The van der Waals surface area contributed by atoms with Crippen LogP contribution in [0.2, 0.25) is 0 Å². The van der Waals surface area contributed by atoms with E-state index in [1.165, 1.54) is 6.92 Å². The van der Waals surface area contributed by atoms with Gasteiger partial charge in [0, 0.05) is 12.5 Å². The minimum Gasteiger partial charge on any atom is -0.301 e. The van der Waals surface area contributed by atoms with Crippen LogP contribution in [0, 0.1) is 5.82 Å². The van der Waals surface area contributed by atoms with Crippen LogP contribution in [0.1, 0.15) is 16.6 Å². The highest BCUT2D eigenvalue weighted by Crippen LogP contribution is 2.31. The minimum atomic E-state index is -3.94. The lowest BCUT2D eigenvalue weighted by Crippen LogP contribution is -2.23. The first-order valence-corrected chi connectivity index (χ1v) is 10.6. The summed E-state index contributed by atoms with van der Waals surface area (Å²) in [6.45, 7) is 1.39. The number of rotatable bonds is 6. The van der Waals surface area contributed by atoms with Gasteiger partial charge in [-0.05, 0) is 24.3 Å². The number of aromatic nitrogens is 1. The topological polar surface area (TPSA) is 93.2 Å². The van der Waals surface area contributed by atoms with E-state index in [9.17, 15) is 22.4 Å². The molecule has 0 aliphatic heterocycles. The Morgan fingerprint density at radius 1 is 1.07 bits per heavy atom. The van der Waals surface area contributed by atoms with Crippen molar-refractivity contribution < 1.29 is 22.4 Å². The van der Waals surface area contributed by atoms with Gasteiger partial charge >= 0.3 is 0 Å². The Morgan fingerprint density at radius 3 is 2.32 bits per heavy atom. The van der Waals surface area contributed by atoms with Gasteiger partial charge in [0.25, 0.3) is 0 Å². The number of hydrogen-bond donors (Lipinski definition) is 1. The van der Waals surface area contributed by atoms with Crippen molar-refractivity contribution in [2.75, 3.05) is 11.1 Å². The summed E-state index contributed by atoms with van der Waals surface area (Å²) in [5.74, 6) is -2.41. The zero-order valence-corrected chi connectivity index (χ0v) is 16.3. The molecule has 0 bridgehead atoms. The molecule has 0 atom stereocenters. The van der Waals surface area contributed by atoms with Crippen LogP contribution in [0.4, 0.5) is 9.52 Å². The van der Waals surface area contributed by atoms with Gasteiger partial charge in [0.05, 0.1) is 15.5 Å². The maximum absolute atomic E-state index is 13.0. The van der Waals surface area contributed by atoms with Gasteiger partial charge in [0.1, 0.15) is 11.6 Å². The van der Waals surface area contributed by atoms with Crippen molar-refractivity contribution in [3.05, 3.63) is 65.3 Å². The molecule has 0 unspecified atom stereocenters. The van der Waals surface area contributed by atoms with Crippen molar-refractivity contribution in [1.82, 2.24) is 4.98 Å². The Balaban J connectivity index is 1.81. The Hall–Kier alpha value is -2.91. The van der Waals surface area contributed by atoms with Crippen molar-refractivity contribution in [2.24, 2.45) is 0 Å². The molecule has 0 aliphatic carbocycles. The molecule has 3 rings (SSSR count). The molecule has 0 aliphatic rings. The first-order chi connectivity index (χ1) is 13.3. The molecule has 2 aromatic carbocycles. The maximum Gasteiger partial charge on any atom is 0.241 e. The van der Waals surface area contributed by atoms with Crippen molar-refractivity contribution in [1.29, 1.82) is 0 Å². The Bertz CT molecular complexity index is 1120. The first kappa shape index (κ1) is 19.8. The summed E-state index contributed by atoms with van der Waals surface area (Å²) in [4.78, 5) is 28.6. The van der Waals surface area contributed by atoms with Gasteiger partial charge in [0.2, 0.25) is 5.91 Å². The summed E-state index contributed by atoms with van der Waals surface area (Å²) in [5, 5.41) is 2.56. The fraction of sp³-hybridized carbons (Fsp3) is 0.105. The second-order valence-electron chi connectivity index (χ2n) is 5.88. The standard InChI is InChI=1S/C19H15FN2O4S2/c1-12(23)18-17(13-5-3-2-4-6-13)22-19(27-18)21-16(24)11-28(25,26)15-9-7-14(20)8-10-15/h2-10H,11H2,1H3,(H,21,22,24). The lowest BCUT2D eigenvalue weighted by molar-refractivity contribution is -0.113. The molecule has 28 heavy (non-hydrogen) atoms. The molecule has 1 N–H and O–H groups in total. The van der Waals surface area contributed by atoms with Crippen LogP contribution in [-0.2, 0) is 14.6 Å². The minimum absolute atomic E-state index is 0.128. The van der Waals surface area contributed by atoms with Gasteiger partial charge in [-0.25, -0.2) is 17.8 Å². The molecule has 1 heterocycles. The lowest BCUT2D eigenvalue weighted by Gasteiger charge is -2.04. The zero-order chi connectivity index (χ0) is 20.3. The van der Waals surface area contributed by atoms with Gasteiger partial charge < -0.3 is 5.32 Å². The number of sulfone groups is 1. The molecular weight excluding hydrogens is 403 g/mol. The largest absolute Gasteiger partial charge is 0.301 e. The number of anilines is 1. The number of hydrogen-bond acceptors (Lipinski definition) is 6. The number of ketones is 1. The molecule has 1 amide bonds. The Labute approximate surface area is 165 Å². The van der Waals surface area contributed by atoms with Crippen molar-refractivity contribution in [3.8, 4) is 11.3 Å². The predicted octanol–water partition coefficient (Wildman–Crippen LogP) is 3.56. The number of carbonyl (C=O) groups is 2. The third kappa shape index (κ3) is 4.49. The van der Waals surface area contributed by atoms with E-state index in [1.807, 2.05) is 6.07 Å². The van der Waals surface area contributed by atoms with E-state index in [2.05, 4.69) is 10.3 Å². The molecule has 6 nitrogen and oxygen atoms in total. The number of nitrogens with zero attached hydrogens (tertiary/aromatic N) is 1. The molecule has 0 radical (unpaired) electrons. The third-order valence-electron chi connectivity index (χ3n) is 3.73. The van der Waals surface area contributed by atoms with Crippen LogP contribution < -0.4 is 5.32 Å². The smallest absolute Gasteiger partial charge is 0.241 e. The van der Waals surface area contributed by atoms with E-state index in [0.29, 0.717) is 16.1 Å². The summed E-state index contributed by atoms with van der Waals surface area (Å²) >= 11 is 0.978. The monoisotopic (exact) mass is 418 g/mol. The van der Waals surface area contributed by atoms with E-state index < -0.39 is 27.3 Å².